The summed E-state index contributed by atoms with van der Waals surface area (Å²) in [6.45, 7) is 10.2. The maximum absolute atomic E-state index is 11.7. The molecule has 0 aromatic heterocycles. The molecule has 3 heteroatoms. The zero-order valence-corrected chi connectivity index (χ0v) is 15.4. The molecule has 0 heterocycles. The van der Waals surface area contributed by atoms with Gasteiger partial charge in [0, 0.05) is 6.42 Å². The second-order valence-electron chi connectivity index (χ2n) is 6.38. The lowest BCUT2D eigenvalue weighted by molar-refractivity contribution is -0.906. The molecule has 0 aliphatic heterocycles. The van der Waals surface area contributed by atoms with Crippen LogP contribution in [0.1, 0.15) is 72.1 Å². The van der Waals surface area contributed by atoms with E-state index in [4.69, 9.17) is 4.74 Å². The van der Waals surface area contributed by atoms with E-state index in [0.717, 1.165) is 43.4 Å². The highest BCUT2D eigenvalue weighted by molar-refractivity contribution is 5.69. The number of unbranched alkanes of at least 4 members (excludes halogenated alkanes) is 5. The summed E-state index contributed by atoms with van der Waals surface area (Å²) < 4.78 is 6.32. The van der Waals surface area contributed by atoms with Gasteiger partial charge in [0.15, 0.2) is 0 Å². The first kappa shape index (κ1) is 21.2. The first-order valence-electron chi connectivity index (χ1n) is 9.22. The van der Waals surface area contributed by atoms with Gasteiger partial charge in [-0.15, -0.1) is 0 Å². The van der Waals surface area contributed by atoms with Crippen molar-refractivity contribution in [2.75, 3.05) is 33.3 Å². The summed E-state index contributed by atoms with van der Waals surface area (Å²) in [5, 5.41) is 0. The number of rotatable bonds is 14. The van der Waals surface area contributed by atoms with Gasteiger partial charge in [-0.1, -0.05) is 38.3 Å². The van der Waals surface area contributed by atoms with Crippen LogP contribution in [0.25, 0.3) is 0 Å². The van der Waals surface area contributed by atoms with E-state index in [2.05, 4.69) is 40.0 Å². The van der Waals surface area contributed by atoms with E-state index in [1.54, 1.807) is 0 Å². The zero-order valence-electron chi connectivity index (χ0n) is 15.4. The molecule has 0 aliphatic carbocycles. The smallest absolute Gasteiger partial charge is 0.305 e. The Balaban J connectivity index is 3.45. The van der Waals surface area contributed by atoms with Crippen LogP contribution in [0.3, 0.4) is 0 Å². The number of carbonyl (C=O) groups excluding carboxylic acids is 1. The molecular weight excluding hydrogens is 274 g/mol. The Morgan fingerprint density at radius 1 is 0.955 bits per heavy atom. The lowest BCUT2D eigenvalue weighted by Crippen LogP contribution is -2.46. The molecule has 0 unspecified atom stereocenters. The lowest BCUT2D eigenvalue weighted by atomic mass is 10.1. The van der Waals surface area contributed by atoms with Gasteiger partial charge in [-0.05, 0) is 39.5 Å². The first-order valence-corrected chi connectivity index (χ1v) is 9.22. The van der Waals surface area contributed by atoms with Crippen molar-refractivity contribution in [3.63, 3.8) is 0 Å². The summed E-state index contributed by atoms with van der Waals surface area (Å²) in [4.78, 5) is 11.7. The summed E-state index contributed by atoms with van der Waals surface area (Å²) in [7, 11) is 2.21. The SMILES string of the molecule is CC/C=C/CCCCCCCC(=O)OCC[N+](C)(CC)CC. The zero-order chi connectivity index (χ0) is 16.7. The summed E-state index contributed by atoms with van der Waals surface area (Å²) in [5.74, 6) is -0.0235. The molecule has 0 fully saturated rings. The summed E-state index contributed by atoms with van der Waals surface area (Å²) >= 11 is 0. The topological polar surface area (TPSA) is 26.3 Å². The highest BCUT2D eigenvalue weighted by Crippen LogP contribution is 2.08. The van der Waals surface area contributed by atoms with Crippen LogP contribution in [-0.2, 0) is 9.53 Å². The fourth-order valence-electron chi connectivity index (χ4n) is 2.34. The van der Waals surface area contributed by atoms with Crippen molar-refractivity contribution in [3.8, 4) is 0 Å². The fraction of sp³-hybridized carbons (Fsp3) is 0.842. The molecule has 0 aromatic carbocycles. The Morgan fingerprint density at radius 2 is 1.59 bits per heavy atom. The highest BCUT2D eigenvalue weighted by Gasteiger charge is 2.16. The van der Waals surface area contributed by atoms with E-state index < -0.39 is 0 Å². The molecule has 0 bridgehead atoms. The Bertz CT molecular complexity index is 296. The maximum Gasteiger partial charge on any atom is 0.305 e. The number of nitrogens with zero attached hydrogens (tertiary/aromatic N) is 1. The molecule has 130 valence electrons. The summed E-state index contributed by atoms with van der Waals surface area (Å²) in [5.41, 5.74) is 0. The van der Waals surface area contributed by atoms with Crippen LogP contribution in [0.15, 0.2) is 12.2 Å². The van der Waals surface area contributed by atoms with Crippen molar-refractivity contribution < 1.29 is 14.0 Å². The number of likely N-dealkylation sites (N-methyl/N-ethyl adjacent to an activating group) is 1. The molecular formula is C19H38NO2+. The molecule has 0 rings (SSSR count). The van der Waals surface area contributed by atoms with Crippen molar-refractivity contribution in [1.29, 1.82) is 0 Å². The van der Waals surface area contributed by atoms with Crippen molar-refractivity contribution in [3.05, 3.63) is 12.2 Å². The Labute approximate surface area is 138 Å². The number of allylic oxidation sites excluding steroid dienone is 2. The van der Waals surface area contributed by atoms with Crippen molar-refractivity contribution in [2.24, 2.45) is 0 Å². The van der Waals surface area contributed by atoms with Crippen LogP contribution in [0.5, 0.6) is 0 Å². The molecule has 0 aliphatic rings. The minimum Gasteiger partial charge on any atom is -0.460 e. The third-order valence-corrected chi connectivity index (χ3v) is 4.58. The first-order chi connectivity index (χ1) is 10.6. The number of esters is 1. The largest absolute Gasteiger partial charge is 0.460 e. The van der Waals surface area contributed by atoms with E-state index in [1.165, 1.54) is 25.7 Å². The Hall–Kier alpha value is -0.830. The average Bonchev–Trinajstić information content (AvgIpc) is 2.53. The number of hydrogen-bond donors (Lipinski definition) is 0. The van der Waals surface area contributed by atoms with Gasteiger partial charge in [0.1, 0.15) is 13.2 Å². The van der Waals surface area contributed by atoms with E-state index >= 15 is 0 Å². The van der Waals surface area contributed by atoms with Gasteiger partial charge in [-0.2, -0.15) is 0 Å². The normalized spacial score (nSPS) is 12.0. The number of ether oxygens (including phenoxy) is 1. The molecule has 22 heavy (non-hydrogen) atoms. The van der Waals surface area contributed by atoms with Gasteiger partial charge >= 0.3 is 5.97 Å². The predicted molar refractivity (Wildman–Crippen MR) is 94.8 cm³/mol. The number of hydrogen-bond acceptors (Lipinski definition) is 2. The Kier molecular flexibility index (Phi) is 13.3. The standard InChI is InChI=1S/C19H38NO2/c1-5-8-9-10-11-12-13-14-15-16-19(21)22-18-17-20(4,6-2)7-3/h8-9H,5-7,10-18H2,1-4H3/q+1/b9-8+. The van der Waals surface area contributed by atoms with Crippen molar-refractivity contribution in [2.45, 2.75) is 72.1 Å². The van der Waals surface area contributed by atoms with Gasteiger partial charge < -0.3 is 9.22 Å². The van der Waals surface area contributed by atoms with E-state index in [1.807, 2.05) is 0 Å². The number of carbonyl (C=O) groups is 1. The maximum atomic E-state index is 11.7. The van der Waals surface area contributed by atoms with Crippen LogP contribution < -0.4 is 0 Å². The van der Waals surface area contributed by atoms with Gasteiger partial charge in [-0.3, -0.25) is 4.79 Å². The monoisotopic (exact) mass is 312 g/mol. The second-order valence-corrected chi connectivity index (χ2v) is 6.38. The van der Waals surface area contributed by atoms with Crippen molar-refractivity contribution >= 4 is 5.97 Å². The molecule has 0 N–H and O–H groups in total. The van der Waals surface area contributed by atoms with Crippen LogP contribution in [0, 0.1) is 0 Å². The van der Waals surface area contributed by atoms with Crippen LogP contribution in [0.2, 0.25) is 0 Å². The molecule has 0 radical (unpaired) electrons. The molecule has 0 saturated carbocycles. The molecule has 0 amide bonds. The average molecular weight is 313 g/mol. The third kappa shape index (κ3) is 11.8. The highest BCUT2D eigenvalue weighted by atomic mass is 16.5. The van der Waals surface area contributed by atoms with Crippen LogP contribution in [0.4, 0.5) is 0 Å². The summed E-state index contributed by atoms with van der Waals surface area (Å²) in [6.07, 6.45) is 13.3. The molecule has 0 atom stereocenters. The molecule has 0 spiro atoms. The minimum atomic E-state index is -0.0235. The Morgan fingerprint density at radius 3 is 2.23 bits per heavy atom. The minimum absolute atomic E-state index is 0.0235. The van der Waals surface area contributed by atoms with Gasteiger partial charge in [0.25, 0.3) is 0 Å². The van der Waals surface area contributed by atoms with Gasteiger partial charge in [0.05, 0.1) is 20.1 Å². The molecule has 3 nitrogen and oxygen atoms in total. The van der Waals surface area contributed by atoms with E-state index in [-0.39, 0.29) is 5.97 Å². The quantitative estimate of drug-likeness (QED) is 0.201. The van der Waals surface area contributed by atoms with Crippen LogP contribution >= 0.6 is 0 Å². The van der Waals surface area contributed by atoms with Crippen molar-refractivity contribution in [1.82, 2.24) is 0 Å². The van der Waals surface area contributed by atoms with E-state index in [0.29, 0.717) is 13.0 Å². The second kappa shape index (κ2) is 13.8. The third-order valence-electron chi connectivity index (χ3n) is 4.58. The molecule has 0 aromatic rings. The molecule has 0 saturated heterocycles. The fourth-order valence-corrected chi connectivity index (χ4v) is 2.34. The predicted octanol–water partition coefficient (Wildman–Crippen LogP) is 4.71. The van der Waals surface area contributed by atoms with Gasteiger partial charge in [0.2, 0.25) is 0 Å². The lowest BCUT2D eigenvalue weighted by Gasteiger charge is -2.31. The summed E-state index contributed by atoms with van der Waals surface area (Å²) in [6, 6.07) is 0. The van der Waals surface area contributed by atoms with Gasteiger partial charge in [-0.25, -0.2) is 0 Å². The number of quaternary nitrogens is 1. The van der Waals surface area contributed by atoms with E-state index in [9.17, 15) is 4.79 Å². The van der Waals surface area contributed by atoms with Crippen LogP contribution in [-0.4, -0.2) is 43.7 Å².